The summed E-state index contributed by atoms with van der Waals surface area (Å²) in [7, 11) is 0. The average Bonchev–Trinajstić information content (AvgIpc) is 2.74. The van der Waals surface area contributed by atoms with Crippen LogP contribution in [0.4, 0.5) is 4.39 Å². The highest BCUT2D eigenvalue weighted by Crippen LogP contribution is 2.58. The van der Waals surface area contributed by atoms with E-state index in [2.05, 4.69) is 0 Å². The Morgan fingerprint density at radius 3 is 2.62 bits per heavy atom. The lowest BCUT2D eigenvalue weighted by atomic mass is 10.0. The second-order valence-electron chi connectivity index (χ2n) is 5.11. The second-order valence-corrected chi connectivity index (χ2v) is 5.11. The third-order valence-electron chi connectivity index (χ3n) is 4.17. The lowest BCUT2D eigenvalue weighted by molar-refractivity contribution is 0.0951. The van der Waals surface area contributed by atoms with Gasteiger partial charge in [-0.2, -0.15) is 0 Å². The highest BCUT2D eigenvalue weighted by molar-refractivity contribution is 6.00. The molecule has 0 N–H and O–H groups in total. The molecule has 2 saturated carbocycles. The van der Waals surface area contributed by atoms with Crippen molar-refractivity contribution in [3.8, 4) is 0 Å². The fraction of sp³-hybridized carbons (Fsp3) is 0.500. The first-order valence-corrected chi connectivity index (χ1v) is 5.99. The molecule has 1 aromatic carbocycles. The Hall–Kier alpha value is -1.18. The summed E-state index contributed by atoms with van der Waals surface area (Å²) in [5.41, 5.74) is 1.16. The van der Waals surface area contributed by atoms with Crippen LogP contribution in [0.15, 0.2) is 18.2 Å². The monoisotopic (exact) mass is 218 g/mol. The molecule has 84 valence electrons. The molecule has 0 amide bonds. The van der Waals surface area contributed by atoms with Crippen LogP contribution in [0.2, 0.25) is 0 Å². The van der Waals surface area contributed by atoms with Gasteiger partial charge in [0, 0.05) is 11.5 Å². The molecule has 3 rings (SSSR count). The molecule has 1 nitrogen and oxygen atoms in total. The van der Waals surface area contributed by atoms with Crippen LogP contribution in [0.25, 0.3) is 0 Å². The predicted molar refractivity (Wildman–Crippen MR) is 59.8 cm³/mol. The standard InChI is InChI=1S/C14H15FO/c1-8-5-6-9(7-12(8)15)14(16)13-10-3-2-4-11(10)13/h5-7,10-11,13H,2-4H2,1H3. The number of carbonyl (C=O) groups excluding carboxylic acids is 1. The largest absolute Gasteiger partial charge is 0.294 e. The summed E-state index contributed by atoms with van der Waals surface area (Å²) in [6.07, 6.45) is 3.65. The molecule has 0 radical (unpaired) electrons. The van der Waals surface area contributed by atoms with Gasteiger partial charge in [-0.1, -0.05) is 18.6 Å². The fourth-order valence-electron chi connectivity index (χ4n) is 3.15. The first kappa shape index (κ1) is 10.0. The molecule has 0 aliphatic heterocycles. The SMILES string of the molecule is Cc1ccc(C(=O)C2C3CCCC32)cc1F. The molecule has 2 heteroatoms. The Morgan fingerprint density at radius 1 is 1.31 bits per heavy atom. The van der Waals surface area contributed by atoms with Crippen LogP contribution in [-0.2, 0) is 0 Å². The molecular weight excluding hydrogens is 203 g/mol. The van der Waals surface area contributed by atoms with E-state index in [-0.39, 0.29) is 17.5 Å². The number of Topliss-reactive ketones (excluding diaryl/α,β-unsaturated/α-hetero) is 1. The van der Waals surface area contributed by atoms with E-state index in [0.29, 0.717) is 23.0 Å². The first-order valence-electron chi connectivity index (χ1n) is 5.99. The molecule has 0 spiro atoms. The molecule has 0 saturated heterocycles. The Labute approximate surface area is 94.7 Å². The zero-order valence-electron chi connectivity index (χ0n) is 9.37. The number of aryl methyl sites for hydroxylation is 1. The van der Waals surface area contributed by atoms with Crippen molar-refractivity contribution >= 4 is 5.78 Å². The summed E-state index contributed by atoms with van der Waals surface area (Å²) < 4.78 is 13.4. The van der Waals surface area contributed by atoms with Crippen molar-refractivity contribution in [2.75, 3.05) is 0 Å². The lowest BCUT2D eigenvalue weighted by Crippen LogP contribution is -2.06. The Bertz CT molecular complexity index is 442. The number of ketones is 1. The molecular formula is C14H15FO. The minimum Gasteiger partial charge on any atom is -0.294 e. The normalized spacial score (nSPS) is 31.2. The summed E-state index contributed by atoms with van der Waals surface area (Å²) in [5.74, 6) is 1.31. The lowest BCUT2D eigenvalue weighted by Gasteiger charge is -2.04. The summed E-state index contributed by atoms with van der Waals surface area (Å²) in [5, 5.41) is 0. The first-order chi connectivity index (χ1) is 7.68. The van der Waals surface area contributed by atoms with Crippen molar-refractivity contribution in [3.63, 3.8) is 0 Å². The molecule has 2 fully saturated rings. The van der Waals surface area contributed by atoms with E-state index in [4.69, 9.17) is 0 Å². The fourth-order valence-corrected chi connectivity index (χ4v) is 3.15. The van der Waals surface area contributed by atoms with Gasteiger partial charge in [0.1, 0.15) is 5.82 Å². The highest BCUT2D eigenvalue weighted by atomic mass is 19.1. The van der Waals surface area contributed by atoms with Gasteiger partial charge >= 0.3 is 0 Å². The van der Waals surface area contributed by atoms with Gasteiger partial charge < -0.3 is 0 Å². The topological polar surface area (TPSA) is 17.1 Å². The zero-order valence-corrected chi connectivity index (χ0v) is 9.37. The van der Waals surface area contributed by atoms with E-state index in [1.807, 2.05) is 0 Å². The molecule has 2 atom stereocenters. The molecule has 2 unspecified atom stereocenters. The maximum Gasteiger partial charge on any atom is 0.166 e. The van der Waals surface area contributed by atoms with Gasteiger partial charge in [-0.15, -0.1) is 0 Å². The number of carbonyl (C=O) groups is 1. The molecule has 1 aromatic rings. The van der Waals surface area contributed by atoms with Crippen molar-refractivity contribution in [1.82, 2.24) is 0 Å². The molecule has 0 aromatic heterocycles. The number of hydrogen-bond donors (Lipinski definition) is 0. The number of benzene rings is 1. The molecule has 2 aliphatic carbocycles. The number of hydrogen-bond acceptors (Lipinski definition) is 1. The quantitative estimate of drug-likeness (QED) is 0.695. The minimum absolute atomic E-state index is 0.161. The van der Waals surface area contributed by atoms with E-state index in [0.717, 1.165) is 0 Å². The average molecular weight is 218 g/mol. The number of rotatable bonds is 2. The van der Waals surface area contributed by atoms with E-state index in [9.17, 15) is 9.18 Å². The highest BCUT2D eigenvalue weighted by Gasteiger charge is 2.56. The smallest absolute Gasteiger partial charge is 0.166 e. The third kappa shape index (κ3) is 1.40. The van der Waals surface area contributed by atoms with E-state index >= 15 is 0 Å². The van der Waals surface area contributed by atoms with Crippen LogP contribution < -0.4 is 0 Å². The minimum atomic E-state index is -0.267. The summed E-state index contributed by atoms with van der Waals surface area (Å²) in [6, 6.07) is 4.85. The Balaban J connectivity index is 1.82. The Kier molecular flexibility index (Phi) is 2.13. The number of halogens is 1. The summed E-state index contributed by atoms with van der Waals surface area (Å²) >= 11 is 0. The van der Waals surface area contributed by atoms with Crippen molar-refractivity contribution in [3.05, 3.63) is 35.1 Å². The maximum absolute atomic E-state index is 13.4. The zero-order chi connectivity index (χ0) is 11.3. The molecule has 0 bridgehead atoms. The van der Waals surface area contributed by atoms with E-state index in [1.165, 1.54) is 25.3 Å². The molecule has 0 heterocycles. The van der Waals surface area contributed by atoms with Crippen molar-refractivity contribution < 1.29 is 9.18 Å². The van der Waals surface area contributed by atoms with Gasteiger partial charge in [0.2, 0.25) is 0 Å². The second kappa shape index (κ2) is 3.41. The van der Waals surface area contributed by atoms with Crippen molar-refractivity contribution in [1.29, 1.82) is 0 Å². The van der Waals surface area contributed by atoms with Crippen LogP contribution >= 0.6 is 0 Å². The summed E-state index contributed by atoms with van der Waals surface area (Å²) in [6.45, 7) is 1.72. The van der Waals surface area contributed by atoms with E-state index < -0.39 is 0 Å². The van der Waals surface area contributed by atoms with Gasteiger partial charge in [0.05, 0.1) is 0 Å². The predicted octanol–water partition coefficient (Wildman–Crippen LogP) is 3.36. The van der Waals surface area contributed by atoms with Crippen molar-refractivity contribution in [2.24, 2.45) is 17.8 Å². The maximum atomic E-state index is 13.4. The van der Waals surface area contributed by atoms with Gasteiger partial charge in [-0.25, -0.2) is 4.39 Å². The van der Waals surface area contributed by atoms with Gasteiger partial charge in [-0.3, -0.25) is 4.79 Å². The summed E-state index contributed by atoms with van der Waals surface area (Å²) in [4.78, 5) is 12.1. The van der Waals surface area contributed by atoms with Crippen LogP contribution in [0, 0.1) is 30.5 Å². The Morgan fingerprint density at radius 2 is 2.00 bits per heavy atom. The van der Waals surface area contributed by atoms with Crippen molar-refractivity contribution in [2.45, 2.75) is 26.2 Å². The third-order valence-corrected chi connectivity index (χ3v) is 4.17. The van der Waals surface area contributed by atoms with Gasteiger partial charge in [0.25, 0.3) is 0 Å². The van der Waals surface area contributed by atoms with Gasteiger partial charge in [0.15, 0.2) is 5.78 Å². The van der Waals surface area contributed by atoms with Crippen LogP contribution in [0.1, 0.15) is 35.2 Å². The number of fused-ring (bicyclic) bond motifs is 1. The van der Waals surface area contributed by atoms with Crippen LogP contribution in [0.5, 0.6) is 0 Å². The molecule has 16 heavy (non-hydrogen) atoms. The van der Waals surface area contributed by atoms with Crippen LogP contribution in [0.3, 0.4) is 0 Å². The van der Waals surface area contributed by atoms with Gasteiger partial charge in [-0.05, 0) is 43.2 Å². The van der Waals surface area contributed by atoms with E-state index in [1.54, 1.807) is 19.1 Å². The van der Waals surface area contributed by atoms with Crippen LogP contribution in [-0.4, -0.2) is 5.78 Å². The molecule has 2 aliphatic rings.